The molecule has 4 aromatic carbocycles. The standard InChI is InChI=1S/C31H24N4O/c1-33-20-7-11-26-24(15-20)23-14-19(18-32)6-10-25(23)31(26)27-12-8-21(34(2)3)16-29(27)36-30-17-22(35(4)5)9-13-28(30)31/h6-17H,2-5H3. The van der Waals surface area contributed by atoms with Crippen molar-refractivity contribution in [3.63, 3.8) is 0 Å². The molecule has 0 bridgehead atoms. The van der Waals surface area contributed by atoms with Crippen LogP contribution in [0.2, 0.25) is 0 Å². The van der Waals surface area contributed by atoms with Gasteiger partial charge in [0.2, 0.25) is 0 Å². The van der Waals surface area contributed by atoms with E-state index in [0.29, 0.717) is 11.3 Å². The molecule has 174 valence electrons. The van der Waals surface area contributed by atoms with Crippen LogP contribution in [-0.4, -0.2) is 28.2 Å². The zero-order valence-corrected chi connectivity index (χ0v) is 20.6. The number of hydrogen-bond donors (Lipinski definition) is 0. The summed E-state index contributed by atoms with van der Waals surface area (Å²) in [5.74, 6) is 1.61. The second-order valence-electron chi connectivity index (χ2n) is 9.72. The SMILES string of the molecule is [C-]#[N+]c1ccc2c(c1)-c1cc(C#N)ccc1C21c2ccc(N(C)C)cc2Oc2cc(N(C)C)ccc21. The number of nitriles is 1. The lowest BCUT2D eigenvalue weighted by molar-refractivity contribution is 0.436. The van der Waals surface area contributed by atoms with E-state index in [1.807, 2.05) is 52.5 Å². The molecule has 0 unspecified atom stereocenters. The fraction of sp³-hybridized carbons (Fsp3) is 0.161. The number of rotatable bonds is 2. The molecule has 0 N–H and O–H groups in total. The first kappa shape index (κ1) is 21.8. The van der Waals surface area contributed by atoms with Gasteiger partial charge < -0.3 is 14.5 Å². The van der Waals surface area contributed by atoms with Gasteiger partial charge >= 0.3 is 0 Å². The van der Waals surface area contributed by atoms with E-state index in [-0.39, 0.29) is 0 Å². The fourth-order valence-electron chi connectivity index (χ4n) is 5.67. The summed E-state index contributed by atoms with van der Waals surface area (Å²) in [7, 11) is 8.09. The van der Waals surface area contributed by atoms with Gasteiger partial charge in [0.1, 0.15) is 11.5 Å². The second kappa shape index (κ2) is 7.63. The molecule has 0 fully saturated rings. The van der Waals surface area contributed by atoms with Crippen molar-refractivity contribution < 1.29 is 4.74 Å². The van der Waals surface area contributed by atoms with Gasteiger partial charge in [0.25, 0.3) is 0 Å². The lowest BCUT2D eigenvalue weighted by atomic mass is 9.66. The van der Waals surface area contributed by atoms with Crippen molar-refractivity contribution in [1.82, 2.24) is 0 Å². The highest BCUT2D eigenvalue weighted by atomic mass is 16.5. The summed E-state index contributed by atoms with van der Waals surface area (Å²) in [5, 5.41) is 9.67. The van der Waals surface area contributed by atoms with Gasteiger partial charge in [-0.15, -0.1) is 0 Å². The summed E-state index contributed by atoms with van der Waals surface area (Å²) < 4.78 is 6.61. The molecular weight excluding hydrogens is 444 g/mol. The Morgan fingerprint density at radius 3 is 1.78 bits per heavy atom. The summed E-state index contributed by atoms with van der Waals surface area (Å²) >= 11 is 0. The predicted molar refractivity (Wildman–Crippen MR) is 143 cm³/mol. The van der Waals surface area contributed by atoms with E-state index in [0.717, 1.165) is 56.3 Å². The molecule has 36 heavy (non-hydrogen) atoms. The molecule has 1 heterocycles. The molecule has 5 nitrogen and oxygen atoms in total. The van der Waals surface area contributed by atoms with Crippen molar-refractivity contribution in [2.24, 2.45) is 0 Å². The average molecular weight is 469 g/mol. The van der Waals surface area contributed by atoms with Crippen LogP contribution in [0.25, 0.3) is 16.0 Å². The van der Waals surface area contributed by atoms with Crippen LogP contribution in [0.4, 0.5) is 17.1 Å². The maximum atomic E-state index is 9.67. The maximum Gasteiger partial charge on any atom is 0.187 e. The summed E-state index contributed by atoms with van der Waals surface area (Å²) in [6.45, 7) is 7.61. The minimum atomic E-state index is -0.627. The fourth-order valence-corrected chi connectivity index (χ4v) is 5.67. The van der Waals surface area contributed by atoms with Crippen LogP contribution in [0.3, 0.4) is 0 Å². The summed E-state index contributed by atoms with van der Waals surface area (Å²) in [6.07, 6.45) is 0. The molecule has 4 aromatic rings. The van der Waals surface area contributed by atoms with Crippen LogP contribution in [0.15, 0.2) is 72.8 Å². The molecular formula is C31H24N4O. The van der Waals surface area contributed by atoms with Gasteiger partial charge in [-0.3, -0.25) is 0 Å². The van der Waals surface area contributed by atoms with Crippen LogP contribution < -0.4 is 14.5 Å². The van der Waals surface area contributed by atoms with Crippen LogP contribution in [-0.2, 0) is 5.41 Å². The second-order valence-corrected chi connectivity index (χ2v) is 9.72. The highest BCUT2D eigenvalue weighted by molar-refractivity contribution is 5.91. The van der Waals surface area contributed by atoms with Crippen molar-refractivity contribution in [2.45, 2.75) is 5.41 Å². The molecule has 1 aliphatic heterocycles. The van der Waals surface area contributed by atoms with E-state index in [4.69, 9.17) is 11.3 Å². The third kappa shape index (κ3) is 2.81. The summed E-state index contributed by atoms with van der Waals surface area (Å²) in [4.78, 5) is 7.84. The van der Waals surface area contributed by atoms with Gasteiger partial charge in [0, 0.05) is 62.8 Å². The lowest BCUT2D eigenvalue weighted by Crippen LogP contribution is -2.32. The number of anilines is 2. The Morgan fingerprint density at radius 2 is 1.25 bits per heavy atom. The topological polar surface area (TPSA) is 43.9 Å². The highest BCUT2D eigenvalue weighted by Gasteiger charge is 2.51. The zero-order valence-electron chi connectivity index (χ0n) is 20.6. The molecule has 0 atom stereocenters. The Balaban J connectivity index is 1.78. The van der Waals surface area contributed by atoms with Crippen LogP contribution in [0.1, 0.15) is 27.8 Å². The minimum Gasteiger partial charge on any atom is -0.457 e. The smallest absolute Gasteiger partial charge is 0.187 e. The van der Waals surface area contributed by atoms with Crippen LogP contribution in [0.5, 0.6) is 11.5 Å². The van der Waals surface area contributed by atoms with Gasteiger partial charge in [0.15, 0.2) is 5.69 Å². The van der Waals surface area contributed by atoms with Crippen molar-refractivity contribution in [1.29, 1.82) is 5.26 Å². The summed E-state index contributed by atoms with van der Waals surface area (Å²) in [5.41, 5.74) is 8.94. The quantitative estimate of drug-likeness (QED) is 0.265. The lowest BCUT2D eigenvalue weighted by Gasteiger charge is -2.40. The van der Waals surface area contributed by atoms with Crippen molar-refractivity contribution in [3.05, 3.63) is 112 Å². The van der Waals surface area contributed by atoms with Gasteiger partial charge in [-0.2, -0.15) is 5.26 Å². The van der Waals surface area contributed by atoms with Crippen LogP contribution >= 0.6 is 0 Å². The third-order valence-electron chi connectivity index (χ3n) is 7.37. The Morgan fingerprint density at radius 1 is 0.722 bits per heavy atom. The zero-order chi connectivity index (χ0) is 25.2. The number of hydrogen-bond acceptors (Lipinski definition) is 4. The Kier molecular flexibility index (Phi) is 4.62. The Labute approximate surface area is 211 Å². The largest absolute Gasteiger partial charge is 0.457 e. The highest BCUT2D eigenvalue weighted by Crippen LogP contribution is 2.63. The minimum absolute atomic E-state index is 0.581. The van der Waals surface area contributed by atoms with E-state index in [1.54, 1.807) is 0 Å². The van der Waals surface area contributed by atoms with Gasteiger partial charge in [-0.25, -0.2) is 4.85 Å². The van der Waals surface area contributed by atoms with E-state index in [2.05, 4.69) is 69.2 Å². The Bertz CT molecular complexity index is 1530. The molecule has 0 aromatic heterocycles. The van der Waals surface area contributed by atoms with Crippen molar-refractivity contribution in [3.8, 4) is 28.7 Å². The molecule has 1 spiro atoms. The van der Waals surface area contributed by atoms with E-state index in [9.17, 15) is 5.26 Å². The van der Waals surface area contributed by atoms with Crippen molar-refractivity contribution in [2.75, 3.05) is 38.0 Å². The average Bonchev–Trinajstić information content (AvgIpc) is 3.17. The molecule has 6 rings (SSSR count). The molecule has 2 aliphatic rings. The Hall–Kier alpha value is -4.74. The maximum absolute atomic E-state index is 9.67. The monoisotopic (exact) mass is 468 g/mol. The number of nitrogens with zero attached hydrogens (tertiary/aromatic N) is 4. The summed E-state index contributed by atoms with van der Waals surface area (Å²) in [6, 6.07) is 26.9. The predicted octanol–water partition coefficient (Wildman–Crippen LogP) is 6.71. The van der Waals surface area contributed by atoms with Gasteiger partial charge in [-0.05, 0) is 52.6 Å². The first-order chi connectivity index (χ1) is 17.4. The third-order valence-corrected chi connectivity index (χ3v) is 7.37. The van der Waals surface area contributed by atoms with Crippen molar-refractivity contribution >= 4 is 17.1 Å². The molecule has 0 saturated carbocycles. The number of fused-ring (bicyclic) bond motifs is 9. The molecule has 5 heteroatoms. The van der Waals surface area contributed by atoms with E-state index in [1.165, 1.54) is 0 Å². The molecule has 0 saturated heterocycles. The molecule has 1 aliphatic carbocycles. The van der Waals surface area contributed by atoms with Gasteiger partial charge in [0.05, 0.1) is 23.6 Å². The van der Waals surface area contributed by atoms with E-state index < -0.39 is 5.41 Å². The van der Waals surface area contributed by atoms with E-state index >= 15 is 0 Å². The number of benzene rings is 4. The van der Waals surface area contributed by atoms with Crippen LogP contribution in [0, 0.1) is 17.9 Å². The first-order valence-corrected chi connectivity index (χ1v) is 11.8. The first-order valence-electron chi connectivity index (χ1n) is 11.8. The molecule has 0 radical (unpaired) electrons. The van der Waals surface area contributed by atoms with Gasteiger partial charge in [-0.1, -0.05) is 30.3 Å². The number of ether oxygens (including phenoxy) is 1. The molecule has 0 amide bonds. The normalized spacial score (nSPS) is 13.4.